The second-order valence-electron chi connectivity index (χ2n) is 8.02. The van der Waals surface area contributed by atoms with E-state index in [4.69, 9.17) is 14.2 Å². The molecule has 168 valence electrons. The van der Waals surface area contributed by atoms with E-state index in [1.54, 1.807) is 48.7 Å². The number of nitrogens with zero attached hydrogens (tertiary/aromatic N) is 1. The lowest BCUT2D eigenvalue weighted by Crippen LogP contribution is -2.35. The van der Waals surface area contributed by atoms with E-state index in [1.165, 1.54) is 12.1 Å². The summed E-state index contributed by atoms with van der Waals surface area (Å²) in [5.74, 6) is 0.818. The van der Waals surface area contributed by atoms with Crippen molar-refractivity contribution < 1.29 is 23.7 Å². The Morgan fingerprint density at radius 3 is 2.81 bits per heavy atom. The second kappa shape index (κ2) is 10.1. The van der Waals surface area contributed by atoms with Crippen LogP contribution in [0.3, 0.4) is 0 Å². The topological polar surface area (TPSA) is 60.8 Å². The smallest absolute Gasteiger partial charge is 0.162 e. The van der Waals surface area contributed by atoms with Crippen LogP contribution in [-0.4, -0.2) is 36.0 Å². The molecule has 0 bridgehead atoms. The van der Waals surface area contributed by atoms with Gasteiger partial charge >= 0.3 is 0 Å². The van der Waals surface area contributed by atoms with Crippen molar-refractivity contribution in [3.8, 4) is 11.5 Å². The van der Waals surface area contributed by atoms with Crippen molar-refractivity contribution >= 4 is 0 Å². The van der Waals surface area contributed by atoms with Gasteiger partial charge in [0.05, 0.1) is 12.3 Å². The molecular weight excluding hydrogens is 409 g/mol. The molecule has 32 heavy (non-hydrogen) atoms. The van der Waals surface area contributed by atoms with Crippen molar-refractivity contribution in [1.82, 2.24) is 4.98 Å². The monoisotopic (exact) mass is 437 g/mol. The van der Waals surface area contributed by atoms with Crippen LogP contribution in [0.4, 0.5) is 4.39 Å². The van der Waals surface area contributed by atoms with Gasteiger partial charge in [0.15, 0.2) is 17.6 Å². The van der Waals surface area contributed by atoms with E-state index in [1.807, 2.05) is 6.07 Å². The summed E-state index contributed by atoms with van der Waals surface area (Å²) in [6.45, 7) is 3.66. The first-order chi connectivity index (χ1) is 15.6. The van der Waals surface area contributed by atoms with Crippen LogP contribution in [0, 0.1) is 5.82 Å². The molecule has 0 amide bonds. The van der Waals surface area contributed by atoms with Crippen LogP contribution in [0.5, 0.6) is 11.5 Å². The van der Waals surface area contributed by atoms with Gasteiger partial charge in [0.2, 0.25) is 0 Å². The molecule has 6 heteroatoms. The highest BCUT2D eigenvalue weighted by Crippen LogP contribution is 2.39. The van der Waals surface area contributed by atoms with Gasteiger partial charge in [-0.25, -0.2) is 4.39 Å². The van der Waals surface area contributed by atoms with Crippen LogP contribution in [0.15, 0.2) is 66.9 Å². The van der Waals surface area contributed by atoms with Crippen molar-refractivity contribution in [2.45, 2.75) is 37.9 Å². The maximum Gasteiger partial charge on any atom is 0.162 e. The number of halogens is 1. The minimum absolute atomic E-state index is 0.158. The second-order valence-corrected chi connectivity index (χ2v) is 8.02. The van der Waals surface area contributed by atoms with Gasteiger partial charge in [-0.1, -0.05) is 37.6 Å². The average molecular weight is 438 g/mol. The normalized spacial score (nSPS) is 17.0. The Kier molecular flexibility index (Phi) is 7.02. The van der Waals surface area contributed by atoms with Gasteiger partial charge in [-0.3, -0.25) is 4.98 Å². The predicted molar refractivity (Wildman–Crippen MR) is 119 cm³/mol. The van der Waals surface area contributed by atoms with Gasteiger partial charge in [-0.2, -0.15) is 0 Å². The molecular formula is C26H28FNO4. The van der Waals surface area contributed by atoms with E-state index in [0.717, 1.165) is 12.8 Å². The summed E-state index contributed by atoms with van der Waals surface area (Å²) in [4.78, 5) is 4.39. The highest BCUT2D eigenvalue weighted by Gasteiger charge is 2.35. The Balaban J connectivity index is 1.62. The zero-order valence-electron chi connectivity index (χ0n) is 18.2. The first kappa shape index (κ1) is 22.2. The Bertz CT molecular complexity index is 1030. The lowest BCUT2D eigenvalue weighted by Gasteiger charge is -2.31. The summed E-state index contributed by atoms with van der Waals surface area (Å²) >= 11 is 0. The van der Waals surface area contributed by atoms with Gasteiger partial charge in [-0.05, 0) is 53.9 Å². The molecule has 5 nitrogen and oxygen atoms in total. The largest absolute Gasteiger partial charge is 0.486 e. The molecule has 0 fully saturated rings. The molecule has 1 aliphatic heterocycles. The SMILES string of the molecule is CCCCOCC1COc2ccc(C(O)(Cc3cccc(F)c3)c3ccccn3)cc2O1. The van der Waals surface area contributed by atoms with Crippen molar-refractivity contribution in [2.75, 3.05) is 19.8 Å². The quantitative estimate of drug-likeness (QED) is 0.494. The first-order valence-electron chi connectivity index (χ1n) is 11.0. The summed E-state index contributed by atoms with van der Waals surface area (Å²) in [7, 11) is 0. The number of hydrogen-bond donors (Lipinski definition) is 1. The molecule has 2 aromatic carbocycles. The van der Waals surface area contributed by atoms with Crippen LogP contribution in [0.2, 0.25) is 0 Å². The number of ether oxygens (including phenoxy) is 3. The van der Waals surface area contributed by atoms with Gasteiger partial charge in [-0.15, -0.1) is 0 Å². The Labute approximate surface area is 187 Å². The maximum absolute atomic E-state index is 13.8. The number of benzene rings is 2. The molecule has 0 spiro atoms. The minimum atomic E-state index is -1.47. The third-order valence-corrected chi connectivity index (χ3v) is 5.52. The van der Waals surface area contributed by atoms with E-state index in [9.17, 15) is 9.50 Å². The van der Waals surface area contributed by atoms with Gasteiger partial charge in [0.1, 0.15) is 18.0 Å². The van der Waals surface area contributed by atoms with Gasteiger partial charge in [0.25, 0.3) is 0 Å². The third kappa shape index (κ3) is 5.09. The zero-order valence-corrected chi connectivity index (χ0v) is 18.2. The molecule has 0 radical (unpaired) electrons. The Morgan fingerprint density at radius 2 is 2.03 bits per heavy atom. The maximum atomic E-state index is 13.8. The van der Waals surface area contributed by atoms with E-state index in [2.05, 4.69) is 11.9 Å². The highest BCUT2D eigenvalue weighted by atomic mass is 19.1. The standard InChI is InChI=1S/C26H28FNO4/c1-2-3-13-30-17-22-18-31-23-11-10-20(15-24(23)32-22)26(29,25-9-4-5-12-28-25)16-19-7-6-8-21(27)14-19/h4-12,14-15,22,29H,2-3,13,16-18H2,1H3. The molecule has 1 N–H and O–H groups in total. The highest BCUT2D eigenvalue weighted by molar-refractivity contribution is 5.48. The summed E-state index contributed by atoms with van der Waals surface area (Å²) in [6.07, 6.45) is 3.65. The van der Waals surface area contributed by atoms with E-state index in [0.29, 0.717) is 48.1 Å². The Morgan fingerprint density at radius 1 is 1.12 bits per heavy atom. The lowest BCUT2D eigenvalue weighted by atomic mass is 9.83. The van der Waals surface area contributed by atoms with Crippen LogP contribution < -0.4 is 9.47 Å². The summed E-state index contributed by atoms with van der Waals surface area (Å²) in [6, 6.07) is 17.0. The van der Waals surface area contributed by atoms with E-state index < -0.39 is 5.60 Å². The zero-order chi connectivity index (χ0) is 22.4. The molecule has 0 saturated heterocycles. The molecule has 1 aromatic heterocycles. The summed E-state index contributed by atoms with van der Waals surface area (Å²) < 4.78 is 31.5. The molecule has 2 atom stereocenters. The van der Waals surface area contributed by atoms with Crippen LogP contribution in [0.1, 0.15) is 36.6 Å². The number of fused-ring (bicyclic) bond motifs is 1. The fraction of sp³-hybridized carbons (Fsp3) is 0.346. The fourth-order valence-corrected chi connectivity index (χ4v) is 3.81. The molecule has 2 heterocycles. The predicted octanol–water partition coefficient (Wildman–Crippen LogP) is 4.66. The lowest BCUT2D eigenvalue weighted by molar-refractivity contribution is 0.00748. The van der Waals surface area contributed by atoms with E-state index in [-0.39, 0.29) is 18.3 Å². The third-order valence-electron chi connectivity index (χ3n) is 5.52. The summed E-state index contributed by atoms with van der Waals surface area (Å²) in [5, 5.41) is 11.9. The van der Waals surface area contributed by atoms with Crippen molar-refractivity contribution in [3.05, 3.63) is 89.5 Å². The molecule has 0 saturated carbocycles. The number of aliphatic hydroxyl groups is 1. The van der Waals surface area contributed by atoms with Crippen molar-refractivity contribution in [1.29, 1.82) is 0 Å². The first-order valence-corrected chi connectivity index (χ1v) is 11.0. The minimum Gasteiger partial charge on any atom is -0.486 e. The van der Waals surface area contributed by atoms with Crippen molar-refractivity contribution in [2.24, 2.45) is 0 Å². The fourth-order valence-electron chi connectivity index (χ4n) is 3.81. The number of aromatic nitrogens is 1. The summed E-state index contributed by atoms with van der Waals surface area (Å²) in [5.41, 5.74) is 0.254. The molecule has 3 aromatic rings. The molecule has 1 aliphatic rings. The van der Waals surface area contributed by atoms with Crippen molar-refractivity contribution in [3.63, 3.8) is 0 Å². The van der Waals surface area contributed by atoms with Gasteiger partial charge < -0.3 is 19.3 Å². The van der Waals surface area contributed by atoms with Crippen LogP contribution in [0.25, 0.3) is 0 Å². The van der Waals surface area contributed by atoms with Gasteiger partial charge in [0, 0.05) is 19.2 Å². The number of hydrogen-bond acceptors (Lipinski definition) is 5. The Hall–Kier alpha value is -2.96. The number of pyridine rings is 1. The average Bonchev–Trinajstić information content (AvgIpc) is 2.82. The number of rotatable bonds is 9. The van der Waals surface area contributed by atoms with Crippen LogP contribution in [-0.2, 0) is 16.8 Å². The van der Waals surface area contributed by atoms with Crippen LogP contribution >= 0.6 is 0 Å². The van der Waals surface area contributed by atoms with E-state index >= 15 is 0 Å². The molecule has 4 rings (SSSR count). The number of unbranched alkanes of at least 4 members (excludes halogenated alkanes) is 1. The molecule has 0 aliphatic carbocycles. The molecule has 2 unspecified atom stereocenters.